The van der Waals surface area contributed by atoms with Crippen molar-refractivity contribution in [1.82, 2.24) is 4.90 Å². The highest BCUT2D eigenvalue weighted by atomic mass is 19.4. The highest BCUT2D eigenvalue weighted by Gasteiger charge is 2.72. The molecule has 2 aromatic rings. The molecule has 6 rings (SSSR count). The van der Waals surface area contributed by atoms with Gasteiger partial charge in [0.2, 0.25) is 6.10 Å². The highest BCUT2D eigenvalue weighted by Crippen LogP contribution is 2.65. The van der Waals surface area contributed by atoms with Crippen molar-refractivity contribution in [2.45, 2.75) is 164 Å². The Morgan fingerprint density at radius 1 is 0.897 bits per heavy atom. The zero-order chi connectivity index (χ0) is 41.9. The van der Waals surface area contributed by atoms with Gasteiger partial charge in [-0.3, -0.25) is 4.79 Å². The number of benzene rings is 2. The number of hydrogen-bond donors (Lipinski definition) is 3. The fraction of sp³-hybridized carbons (Fsp3) is 0.622. The monoisotopic (exact) mass is 815 g/mol. The summed E-state index contributed by atoms with van der Waals surface area (Å²) in [4.78, 5) is 38.1. The van der Waals surface area contributed by atoms with E-state index in [1.54, 1.807) is 36.4 Å². The van der Waals surface area contributed by atoms with E-state index in [-0.39, 0.29) is 30.4 Å². The van der Waals surface area contributed by atoms with Crippen LogP contribution in [0.15, 0.2) is 54.3 Å². The maximum atomic E-state index is 13.9. The zero-order valence-corrected chi connectivity index (χ0v) is 33.9. The number of aliphatic hydroxyl groups is 1. The third-order valence-corrected chi connectivity index (χ3v) is 12.4. The number of alkyl halides is 3. The lowest BCUT2D eigenvalue weighted by molar-refractivity contribution is -0.192. The summed E-state index contributed by atoms with van der Waals surface area (Å²) in [5.74, 6) is -3.23. The molecular formula is C45H60F3NO9. The SMILES string of the molecule is CCCCCCCCCCCCCCCCCC(=O)O[C@H](C(=O)OC1=CC[C@@]2(O)[C@H]3Cc4ccc(O)c5c4[C@@]2(CCN3C)[C@H]1O5)c1ccccc1.O=C(O)C(F)(F)F. The molecule has 13 heteroatoms. The first kappa shape index (κ1) is 45.0. The number of carboxylic acids is 1. The molecule has 2 bridgehead atoms. The van der Waals surface area contributed by atoms with E-state index < -0.39 is 47.3 Å². The predicted molar refractivity (Wildman–Crippen MR) is 211 cm³/mol. The lowest BCUT2D eigenvalue weighted by Gasteiger charge is -2.61. The van der Waals surface area contributed by atoms with E-state index in [1.165, 1.54) is 77.0 Å². The molecule has 10 nitrogen and oxygen atoms in total. The standard InChI is InChI=1S/C43H59NO7.C2HF3O2/c1-3-4-5-6-7-8-9-10-11-12-13-14-15-16-20-23-36(46)50-38(31-21-18-17-19-22-31)41(47)49-34-26-27-43(48)35-30-32-24-25-33(45)39-37(32)42(43,40(34)51-39)28-29-44(35)2;3-2(4,5)1(6)7/h17-19,21-22,24-26,35,38,40,45,48H,3-16,20,23,27-30H2,1-2H3;(H,6,7)/t35-,38+,40+,42+,43-;/m1./s1. The van der Waals surface area contributed by atoms with Crippen LogP contribution in [0.3, 0.4) is 0 Å². The fourth-order valence-electron chi connectivity index (χ4n) is 9.32. The van der Waals surface area contributed by atoms with Gasteiger partial charge < -0.3 is 34.4 Å². The van der Waals surface area contributed by atoms with Gasteiger partial charge in [-0.15, -0.1) is 0 Å². The van der Waals surface area contributed by atoms with Crippen LogP contribution in [0.2, 0.25) is 0 Å². The quantitative estimate of drug-likeness (QED) is 0.0874. The van der Waals surface area contributed by atoms with Gasteiger partial charge in [-0.1, -0.05) is 133 Å². The Bertz CT molecular complexity index is 1730. The molecule has 5 atom stereocenters. The normalized spacial score (nSPS) is 23.4. The molecule has 0 radical (unpaired) electrons. The van der Waals surface area contributed by atoms with Crippen LogP contribution in [-0.2, 0) is 35.7 Å². The predicted octanol–water partition coefficient (Wildman–Crippen LogP) is 9.39. The number of aromatic hydroxyl groups is 1. The summed E-state index contributed by atoms with van der Waals surface area (Å²) in [6, 6.07) is 12.4. The van der Waals surface area contributed by atoms with E-state index >= 15 is 0 Å². The van der Waals surface area contributed by atoms with Gasteiger partial charge in [0.1, 0.15) is 5.76 Å². The number of likely N-dealkylation sites (tertiary alicyclic amines) is 1. The van der Waals surface area contributed by atoms with Crippen LogP contribution in [0.4, 0.5) is 13.2 Å². The number of unbranched alkanes of at least 4 members (excludes halogenated alkanes) is 14. The van der Waals surface area contributed by atoms with Gasteiger partial charge in [0, 0.05) is 30.0 Å². The molecule has 2 aromatic carbocycles. The minimum atomic E-state index is -5.08. The number of rotatable bonds is 20. The first-order valence-electron chi connectivity index (χ1n) is 21.2. The number of piperidine rings is 1. The summed E-state index contributed by atoms with van der Waals surface area (Å²) in [5.41, 5.74) is 0.365. The van der Waals surface area contributed by atoms with E-state index in [1.807, 2.05) is 19.2 Å². The third kappa shape index (κ3) is 10.2. The topological polar surface area (TPSA) is 143 Å². The second-order valence-corrected chi connectivity index (χ2v) is 16.3. The van der Waals surface area contributed by atoms with Gasteiger partial charge in [0.25, 0.3) is 0 Å². The molecule has 3 N–H and O–H groups in total. The Morgan fingerprint density at radius 2 is 1.47 bits per heavy atom. The van der Waals surface area contributed by atoms with Crippen molar-refractivity contribution < 1.29 is 57.1 Å². The molecule has 58 heavy (non-hydrogen) atoms. The van der Waals surface area contributed by atoms with E-state index in [9.17, 15) is 33.0 Å². The van der Waals surface area contributed by atoms with Gasteiger partial charge in [0.05, 0.1) is 11.0 Å². The average Bonchev–Trinajstić information content (AvgIpc) is 3.55. The Labute approximate surface area is 339 Å². The third-order valence-electron chi connectivity index (χ3n) is 12.4. The van der Waals surface area contributed by atoms with Crippen LogP contribution < -0.4 is 4.74 Å². The Balaban J connectivity index is 0.000000839. The van der Waals surface area contributed by atoms with Crippen molar-refractivity contribution in [3.8, 4) is 11.5 Å². The molecule has 1 saturated heterocycles. The molecule has 320 valence electrons. The van der Waals surface area contributed by atoms with E-state index in [0.29, 0.717) is 24.2 Å². The number of aliphatic carboxylic acids is 1. The molecular weight excluding hydrogens is 755 g/mol. The van der Waals surface area contributed by atoms with Crippen molar-refractivity contribution in [3.05, 3.63) is 71.0 Å². The number of nitrogens with zero attached hydrogens (tertiary/aromatic N) is 1. The van der Waals surface area contributed by atoms with Crippen LogP contribution in [0.1, 0.15) is 145 Å². The molecule has 1 spiro atoms. The number of hydrogen-bond acceptors (Lipinski definition) is 9. The molecule has 4 aliphatic rings. The summed E-state index contributed by atoms with van der Waals surface area (Å²) in [5, 5.41) is 30.4. The Kier molecular flexibility index (Phi) is 15.7. The molecule has 0 saturated carbocycles. The van der Waals surface area contributed by atoms with Crippen LogP contribution in [0, 0.1) is 0 Å². The Morgan fingerprint density at radius 3 is 2.03 bits per heavy atom. The maximum Gasteiger partial charge on any atom is 0.490 e. The van der Waals surface area contributed by atoms with Gasteiger partial charge in [-0.25, -0.2) is 9.59 Å². The van der Waals surface area contributed by atoms with Gasteiger partial charge in [-0.05, 0) is 50.6 Å². The van der Waals surface area contributed by atoms with Crippen molar-refractivity contribution in [1.29, 1.82) is 0 Å². The molecule has 1 fully saturated rings. The van der Waals surface area contributed by atoms with Gasteiger partial charge >= 0.3 is 24.1 Å². The molecule has 2 heterocycles. The summed E-state index contributed by atoms with van der Waals surface area (Å²) in [6.07, 6.45) is 15.1. The van der Waals surface area contributed by atoms with E-state index in [4.69, 9.17) is 24.1 Å². The number of carbonyl (C=O) groups is 3. The summed E-state index contributed by atoms with van der Waals surface area (Å²) >= 11 is 0. The average molecular weight is 816 g/mol. The molecule has 2 aliphatic carbocycles. The van der Waals surface area contributed by atoms with Crippen LogP contribution in [0.25, 0.3) is 0 Å². The number of esters is 2. The Hall–Kier alpha value is -4.10. The van der Waals surface area contributed by atoms with Crippen molar-refractivity contribution in [2.75, 3.05) is 13.6 Å². The van der Waals surface area contributed by atoms with Crippen molar-refractivity contribution >= 4 is 17.9 Å². The summed E-state index contributed by atoms with van der Waals surface area (Å²) < 4.78 is 50.1. The van der Waals surface area contributed by atoms with Crippen molar-refractivity contribution in [2.24, 2.45) is 0 Å². The molecule has 0 amide bonds. The lowest BCUT2D eigenvalue weighted by Crippen LogP contribution is -2.74. The first-order valence-corrected chi connectivity index (χ1v) is 21.2. The number of likely N-dealkylation sites (N-methyl/N-ethyl adjacent to an activating group) is 1. The van der Waals surface area contributed by atoms with Crippen LogP contribution >= 0.6 is 0 Å². The molecule has 2 aliphatic heterocycles. The zero-order valence-electron chi connectivity index (χ0n) is 33.9. The fourth-order valence-corrected chi connectivity index (χ4v) is 9.32. The molecule has 0 unspecified atom stereocenters. The second kappa shape index (κ2) is 20.2. The van der Waals surface area contributed by atoms with E-state index in [2.05, 4.69) is 11.8 Å². The first-order chi connectivity index (χ1) is 27.7. The number of ether oxygens (including phenoxy) is 3. The lowest BCUT2D eigenvalue weighted by atomic mass is 9.50. The van der Waals surface area contributed by atoms with Crippen molar-refractivity contribution in [3.63, 3.8) is 0 Å². The molecule has 0 aromatic heterocycles. The van der Waals surface area contributed by atoms with Gasteiger partial charge in [0.15, 0.2) is 17.6 Å². The number of carboxylic acid groups (broad SMARTS) is 1. The number of phenols is 1. The summed E-state index contributed by atoms with van der Waals surface area (Å²) in [7, 11) is 2.03. The second-order valence-electron chi connectivity index (χ2n) is 16.3. The minimum absolute atomic E-state index is 0.0119. The number of carbonyl (C=O) groups excluding carboxylic acids is 2. The van der Waals surface area contributed by atoms with Crippen LogP contribution in [-0.4, -0.2) is 75.6 Å². The van der Waals surface area contributed by atoms with E-state index in [0.717, 1.165) is 36.9 Å². The van der Waals surface area contributed by atoms with Gasteiger partial charge in [-0.2, -0.15) is 13.2 Å². The number of phenolic OH excluding ortho intramolecular Hbond substituents is 1. The highest BCUT2D eigenvalue weighted by molar-refractivity contribution is 5.82. The summed E-state index contributed by atoms with van der Waals surface area (Å²) in [6.45, 7) is 2.99. The largest absolute Gasteiger partial charge is 0.504 e. The smallest absolute Gasteiger partial charge is 0.490 e. The number of halogens is 3. The maximum absolute atomic E-state index is 13.9. The van der Waals surface area contributed by atoms with Crippen LogP contribution in [0.5, 0.6) is 11.5 Å². The minimum Gasteiger partial charge on any atom is -0.504 e.